The Morgan fingerprint density at radius 1 is 1.12 bits per heavy atom. The molecule has 1 aromatic heterocycles. The van der Waals surface area contributed by atoms with Crippen LogP contribution < -0.4 is 10.6 Å². The highest BCUT2D eigenvalue weighted by Gasteiger charge is 2.39. The van der Waals surface area contributed by atoms with E-state index in [0.717, 1.165) is 25.0 Å². The van der Waals surface area contributed by atoms with Crippen LogP contribution in [0.25, 0.3) is 0 Å². The van der Waals surface area contributed by atoms with Gasteiger partial charge in [-0.05, 0) is 61.1 Å². The molecular weight excluding hydrogens is 408 g/mol. The largest absolute Gasteiger partial charge is 0.343 e. The SMILES string of the molecule is O=C1CCC(N2Cc3cc(C(=O)N[C@H](c4ccccn4)C4CCC4)ccc3C2=O)C(=O)N1. The van der Waals surface area contributed by atoms with Crippen molar-refractivity contribution in [3.63, 3.8) is 0 Å². The molecule has 0 radical (unpaired) electrons. The summed E-state index contributed by atoms with van der Waals surface area (Å²) in [6, 6.07) is 9.92. The van der Waals surface area contributed by atoms with Gasteiger partial charge in [-0.25, -0.2) is 0 Å². The van der Waals surface area contributed by atoms with E-state index in [2.05, 4.69) is 15.6 Å². The van der Waals surface area contributed by atoms with E-state index in [4.69, 9.17) is 0 Å². The van der Waals surface area contributed by atoms with Gasteiger partial charge in [0.2, 0.25) is 11.8 Å². The zero-order valence-corrected chi connectivity index (χ0v) is 17.5. The Kier molecular flexibility index (Phi) is 5.20. The van der Waals surface area contributed by atoms with Crippen LogP contribution in [-0.4, -0.2) is 39.6 Å². The van der Waals surface area contributed by atoms with Gasteiger partial charge in [0.05, 0.1) is 11.7 Å². The van der Waals surface area contributed by atoms with Gasteiger partial charge in [-0.2, -0.15) is 0 Å². The summed E-state index contributed by atoms with van der Waals surface area (Å²) in [7, 11) is 0. The highest BCUT2D eigenvalue weighted by atomic mass is 16.2. The van der Waals surface area contributed by atoms with Crippen molar-refractivity contribution in [2.45, 2.75) is 50.7 Å². The third kappa shape index (κ3) is 3.66. The third-order valence-corrected chi connectivity index (χ3v) is 6.70. The number of imide groups is 1. The van der Waals surface area contributed by atoms with Crippen LogP contribution in [0.4, 0.5) is 0 Å². The minimum Gasteiger partial charge on any atom is -0.343 e. The van der Waals surface area contributed by atoms with Gasteiger partial charge in [0.1, 0.15) is 6.04 Å². The highest BCUT2D eigenvalue weighted by molar-refractivity contribution is 6.06. The summed E-state index contributed by atoms with van der Waals surface area (Å²) in [4.78, 5) is 55.5. The average molecular weight is 432 g/mol. The molecule has 2 fully saturated rings. The zero-order valence-electron chi connectivity index (χ0n) is 17.5. The summed E-state index contributed by atoms with van der Waals surface area (Å²) < 4.78 is 0. The van der Waals surface area contributed by atoms with Crippen LogP contribution in [0.5, 0.6) is 0 Å². The molecule has 2 aromatic rings. The predicted molar refractivity (Wildman–Crippen MR) is 114 cm³/mol. The lowest BCUT2D eigenvalue weighted by Crippen LogP contribution is -2.52. The van der Waals surface area contributed by atoms with Gasteiger partial charge >= 0.3 is 0 Å². The van der Waals surface area contributed by atoms with Crippen LogP contribution in [0.15, 0.2) is 42.6 Å². The molecule has 3 aliphatic rings. The lowest BCUT2D eigenvalue weighted by Gasteiger charge is -2.34. The monoisotopic (exact) mass is 432 g/mol. The lowest BCUT2D eigenvalue weighted by molar-refractivity contribution is -0.136. The molecule has 2 atom stereocenters. The number of carbonyl (C=O) groups excluding carboxylic acids is 4. The molecule has 8 heteroatoms. The van der Waals surface area contributed by atoms with Gasteiger partial charge in [0, 0.05) is 30.3 Å². The van der Waals surface area contributed by atoms with Gasteiger partial charge in [-0.15, -0.1) is 0 Å². The van der Waals surface area contributed by atoms with Crippen molar-refractivity contribution in [1.29, 1.82) is 0 Å². The number of aromatic nitrogens is 1. The smallest absolute Gasteiger partial charge is 0.255 e. The van der Waals surface area contributed by atoms with E-state index in [9.17, 15) is 19.2 Å². The first-order valence-electron chi connectivity index (χ1n) is 11.0. The number of nitrogens with zero attached hydrogens (tertiary/aromatic N) is 2. The molecule has 8 nitrogen and oxygen atoms in total. The van der Waals surface area contributed by atoms with Crippen LogP contribution >= 0.6 is 0 Å². The summed E-state index contributed by atoms with van der Waals surface area (Å²) in [5, 5.41) is 5.44. The maximum atomic E-state index is 13.1. The second-order valence-electron chi connectivity index (χ2n) is 8.67. The standard InChI is InChI=1S/C24H24N4O4/c29-20-10-9-19(23(31)26-20)28-13-16-12-15(7-8-17(16)24(28)32)22(30)27-21(14-4-3-5-14)18-6-1-2-11-25-18/h1-2,6-8,11-12,14,19,21H,3-5,9-10,13H2,(H,27,30)(H,26,29,31)/t19?,21-/m0/s1. The fourth-order valence-corrected chi connectivity index (χ4v) is 4.71. The number of pyridine rings is 1. The van der Waals surface area contributed by atoms with E-state index in [1.54, 1.807) is 24.4 Å². The molecule has 1 aromatic carbocycles. The Bertz CT molecular complexity index is 1100. The Morgan fingerprint density at radius 2 is 1.97 bits per heavy atom. The topological polar surface area (TPSA) is 108 Å². The Hall–Kier alpha value is -3.55. The molecule has 1 saturated heterocycles. The van der Waals surface area contributed by atoms with E-state index in [1.807, 2.05) is 18.2 Å². The molecule has 2 aliphatic heterocycles. The summed E-state index contributed by atoms with van der Waals surface area (Å²) in [6.45, 7) is 0.244. The van der Waals surface area contributed by atoms with Crippen molar-refractivity contribution in [3.8, 4) is 0 Å². The van der Waals surface area contributed by atoms with Crippen LogP contribution in [0, 0.1) is 5.92 Å². The number of hydrogen-bond donors (Lipinski definition) is 2. The van der Waals surface area contributed by atoms with Gasteiger partial charge in [0.25, 0.3) is 11.8 Å². The minimum absolute atomic E-state index is 0.146. The number of benzene rings is 1. The lowest BCUT2D eigenvalue weighted by atomic mass is 9.78. The van der Waals surface area contributed by atoms with Crippen LogP contribution in [-0.2, 0) is 16.1 Å². The number of hydrogen-bond acceptors (Lipinski definition) is 5. The fourth-order valence-electron chi connectivity index (χ4n) is 4.71. The number of carbonyl (C=O) groups is 4. The van der Waals surface area contributed by atoms with E-state index in [-0.39, 0.29) is 36.7 Å². The van der Waals surface area contributed by atoms with E-state index in [0.29, 0.717) is 29.0 Å². The van der Waals surface area contributed by atoms with Crippen molar-refractivity contribution in [1.82, 2.24) is 20.5 Å². The molecule has 1 unspecified atom stereocenters. The molecule has 164 valence electrons. The first kappa shape index (κ1) is 20.4. The molecule has 0 spiro atoms. The Balaban J connectivity index is 1.34. The first-order valence-corrected chi connectivity index (χ1v) is 11.0. The van der Waals surface area contributed by atoms with Gasteiger partial charge < -0.3 is 10.2 Å². The van der Waals surface area contributed by atoms with Crippen molar-refractivity contribution >= 4 is 23.6 Å². The molecule has 2 N–H and O–H groups in total. The zero-order chi connectivity index (χ0) is 22.2. The molecule has 3 heterocycles. The van der Waals surface area contributed by atoms with E-state index in [1.165, 1.54) is 4.90 Å². The van der Waals surface area contributed by atoms with Crippen molar-refractivity contribution in [3.05, 3.63) is 65.0 Å². The molecular formula is C24H24N4O4. The fraction of sp³-hybridized carbons (Fsp3) is 0.375. The second kappa shape index (κ2) is 8.18. The molecule has 1 aliphatic carbocycles. The van der Waals surface area contributed by atoms with Crippen LogP contribution in [0.2, 0.25) is 0 Å². The summed E-state index contributed by atoms with van der Waals surface area (Å²) in [6.07, 6.45) is 5.52. The van der Waals surface area contributed by atoms with Crippen molar-refractivity contribution in [2.24, 2.45) is 5.92 Å². The van der Waals surface area contributed by atoms with Gasteiger partial charge in [-0.3, -0.25) is 29.5 Å². The summed E-state index contributed by atoms with van der Waals surface area (Å²) in [5.74, 6) is -0.847. The Labute approximate surface area is 185 Å². The third-order valence-electron chi connectivity index (χ3n) is 6.70. The van der Waals surface area contributed by atoms with Crippen LogP contribution in [0.3, 0.4) is 0 Å². The second-order valence-corrected chi connectivity index (χ2v) is 8.67. The molecule has 1 saturated carbocycles. The number of fused-ring (bicyclic) bond motifs is 1. The highest BCUT2D eigenvalue weighted by Crippen LogP contribution is 2.37. The van der Waals surface area contributed by atoms with E-state index >= 15 is 0 Å². The quantitative estimate of drug-likeness (QED) is 0.704. The molecule has 4 amide bonds. The van der Waals surface area contributed by atoms with Gasteiger partial charge in [0.15, 0.2) is 0 Å². The average Bonchev–Trinajstić information content (AvgIpc) is 3.08. The maximum Gasteiger partial charge on any atom is 0.255 e. The minimum atomic E-state index is -0.669. The van der Waals surface area contributed by atoms with Crippen molar-refractivity contribution in [2.75, 3.05) is 0 Å². The number of amides is 4. The summed E-state index contributed by atoms with van der Waals surface area (Å²) in [5.41, 5.74) is 2.53. The van der Waals surface area contributed by atoms with Crippen LogP contribution in [0.1, 0.15) is 70.1 Å². The van der Waals surface area contributed by atoms with Gasteiger partial charge in [-0.1, -0.05) is 12.5 Å². The van der Waals surface area contributed by atoms with Crippen molar-refractivity contribution < 1.29 is 19.2 Å². The number of nitrogens with one attached hydrogen (secondary N) is 2. The molecule has 5 rings (SSSR count). The molecule has 32 heavy (non-hydrogen) atoms. The summed E-state index contributed by atoms with van der Waals surface area (Å²) >= 11 is 0. The predicted octanol–water partition coefficient (Wildman–Crippen LogP) is 2.11. The number of piperidine rings is 1. The maximum absolute atomic E-state index is 13.1. The number of rotatable bonds is 5. The normalized spacial score (nSPS) is 21.6. The molecule has 0 bridgehead atoms. The first-order chi connectivity index (χ1) is 15.5. The Morgan fingerprint density at radius 3 is 2.66 bits per heavy atom. The van der Waals surface area contributed by atoms with E-state index < -0.39 is 11.9 Å².